The highest BCUT2D eigenvalue weighted by Gasteiger charge is 2.06. The van der Waals surface area contributed by atoms with Crippen LogP contribution in [0.2, 0.25) is 0 Å². The first-order chi connectivity index (χ1) is 6.63. The third-order valence-corrected chi connectivity index (χ3v) is 1.39. The Balaban J connectivity index is 2.94. The van der Waals surface area contributed by atoms with Crippen LogP contribution >= 0.6 is 0 Å². The van der Waals surface area contributed by atoms with Gasteiger partial charge in [0.15, 0.2) is 0 Å². The van der Waals surface area contributed by atoms with Crippen molar-refractivity contribution < 1.29 is 13.5 Å². The second-order valence-electron chi connectivity index (χ2n) is 2.32. The lowest BCUT2D eigenvalue weighted by Gasteiger charge is -2.04. The van der Waals surface area contributed by atoms with E-state index in [9.17, 15) is 8.78 Å². The van der Waals surface area contributed by atoms with Gasteiger partial charge in [-0.15, -0.1) is 0 Å². The van der Waals surface area contributed by atoms with Crippen molar-refractivity contribution in [3.8, 4) is 5.88 Å². The number of hydrogen-bond donors (Lipinski definition) is 0. The monoisotopic (exact) mass is 200 g/mol. The molecule has 0 aliphatic heterocycles. The molecule has 0 spiro atoms. The second kappa shape index (κ2) is 4.38. The number of pyridine rings is 1. The third kappa shape index (κ3) is 2.56. The van der Waals surface area contributed by atoms with E-state index in [-0.39, 0.29) is 11.6 Å². The van der Waals surface area contributed by atoms with Gasteiger partial charge in [-0.2, -0.15) is 8.78 Å². The van der Waals surface area contributed by atoms with E-state index in [1.54, 1.807) is 0 Å². The van der Waals surface area contributed by atoms with Gasteiger partial charge in [-0.3, -0.25) is 0 Å². The number of nitrogens with zero attached hydrogens (tertiary/aromatic N) is 4. The summed E-state index contributed by atoms with van der Waals surface area (Å²) >= 11 is 0. The third-order valence-electron chi connectivity index (χ3n) is 1.39. The number of aromatic nitrogens is 1. The summed E-state index contributed by atoms with van der Waals surface area (Å²) in [5, 5.41) is 3.30. The molecule has 0 aromatic carbocycles. The standard InChI is InChI=1S/C7H6F2N4O/c1-4-5(12-13-10)2-3-6(11-4)14-7(8)9/h2-3,7H,1H3. The van der Waals surface area contributed by atoms with Gasteiger partial charge in [0.05, 0.1) is 11.4 Å². The van der Waals surface area contributed by atoms with Crippen molar-refractivity contribution >= 4 is 5.69 Å². The van der Waals surface area contributed by atoms with Gasteiger partial charge in [0.25, 0.3) is 0 Å². The van der Waals surface area contributed by atoms with Gasteiger partial charge in [0.1, 0.15) is 0 Å². The number of ether oxygens (including phenoxy) is 1. The Labute approximate surface area is 78.0 Å². The zero-order chi connectivity index (χ0) is 10.6. The first kappa shape index (κ1) is 10.2. The second-order valence-corrected chi connectivity index (χ2v) is 2.32. The van der Waals surface area contributed by atoms with Crippen molar-refractivity contribution in [3.05, 3.63) is 28.3 Å². The van der Waals surface area contributed by atoms with Crippen molar-refractivity contribution in [2.75, 3.05) is 0 Å². The van der Waals surface area contributed by atoms with Crippen LogP contribution in [0.4, 0.5) is 14.5 Å². The summed E-state index contributed by atoms with van der Waals surface area (Å²) in [5.74, 6) is -0.200. The Kier molecular flexibility index (Phi) is 3.19. The molecule has 7 heteroatoms. The van der Waals surface area contributed by atoms with Crippen molar-refractivity contribution in [1.82, 2.24) is 4.98 Å². The molecule has 14 heavy (non-hydrogen) atoms. The molecule has 1 aromatic rings. The van der Waals surface area contributed by atoms with E-state index >= 15 is 0 Å². The van der Waals surface area contributed by atoms with E-state index in [0.717, 1.165) is 0 Å². The number of halogens is 2. The Morgan fingerprint density at radius 2 is 2.29 bits per heavy atom. The number of alkyl halides is 2. The largest absolute Gasteiger partial charge is 0.417 e. The summed E-state index contributed by atoms with van der Waals surface area (Å²) in [5.41, 5.74) is 8.76. The van der Waals surface area contributed by atoms with Gasteiger partial charge in [0, 0.05) is 11.0 Å². The van der Waals surface area contributed by atoms with E-state index in [1.165, 1.54) is 19.1 Å². The van der Waals surface area contributed by atoms with Crippen LogP contribution in [0.3, 0.4) is 0 Å². The lowest BCUT2D eigenvalue weighted by molar-refractivity contribution is -0.0529. The van der Waals surface area contributed by atoms with Crippen LogP contribution in [0.1, 0.15) is 5.69 Å². The van der Waals surface area contributed by atoms with Crippen LogP contribution < -0.4 is 4.74 Å². The van der Waals surface area contributed by atoms with Crippen molar-refractivity contribution in [2.24, 2.45) is 5.11 Å². The van der Waals surface area contributed by atoms with E-state index < -0.39 is 6.61 Å². The lowest BCUT2D eigenvalue weighted by atomic mass is 10.3. The predicted molar refractivity (Wildman–Crippen MR) is 44.4 cm³/mol. The van der Waals surface area contributed by atoms with E-state index in [2.05, 4.69) is 19.7 Å². The molecule has 74 valence electrons. The van der Waals surface area contributed by atoms with Gasteiger partial charge in [-0.05, 0) is 18.5 Å². The normalized spacial score (nSPS) is 9.71. The smallest absolute Gasteiger partial charge is 0.388 e. The Morgan fingerprint density at radius 1 is 1.57 bits per heavy atom. The van der Waals surface area contributed by atoms with Crippen molar-refractivity contribution in [1.29, 1.82) is 0 Å². The summed E-state index contributed by atoms with van der Waals surface area (Å²) in [6.45, 7) is -1.38. The highest BCUT2D eigenvalue weighted by Crippen LogP contribution is 2.20. The average Bonchev–Trinajstić information content (AvgIpc) is 2.09. The van der Waals surface area contributed by atoms with Gasteiger partial charge >= 0.3 is 6.61 Å². The summed E-state index contributed by atoms with van der Waals surface area (Å²) < 4.78 is 27.6. The molecule has 1 heterocycles. The minimum Gasteiger partial charge on any atom is -0.417 e. The highest BCUT2D eigenvalue weighted by molar-refractivity contribution is 5.42. The van der Waals surface area contributed by atoms with Crippen molar-refractivity contribution in [3.63, 3.8) is 0 Å². The maximum atomic E-state index is 11.8. The molecule has 0 amide bonds. The zero-order valence-electron chi connectivity index (χ0n) is 7.19. The van der Waals surface area contributed by atoms with Crippen LogP contribution in [0, 0.1) is 6.92 Å². The maximum absolute atomic E-state index is 11.8. The first-order valence-electron chi connectivity index (χ1n) is 3.61. The van der Waals surface area contributed by atoms with Crippen LogP contribution in [-0.4, -0.2) is 11.6 Å². The molecule has 0 atom stereocenters. The maximum Gasteiger partial charge on any atom is 0.388 e. The molecule has 5 nitrogen and oxygen atoms in total. The topological polar surface area (TPSA) is 70.9 Å². The van der Waals surface area contributed by atoms with Gasteiger partial charge in [0.2, 0.25) is 5.88 Å². The molecular formula is C7H6F2N4O. The van der Waals surface area contributed by atoms with Crippen LogP contribution in [-0.2, 0) is 0 Å². The average molecular weight is 200 g/mol. The summed E-state index contributed by atoms with van der Waals surface area (Å²) in [7, 11) is 0. The molecule has 0 saturated carbocycles. The molecule has 0 N–H and O–H groups in total. The predicted octanol–water partition coefficient (Wildman–Crippen LogP) is 2.93. The number of azide groups is 1. The lowest BCUT2D eigenvalue weighted by Crippen LogP contribution is -2.03. The quantitative estimate of drug-likeness (QED) is 0.427. The highest BCUT2D eigenvalue weighted by atomic mass is 19.3. The Hall–Kier alpha value is -1.88. The van der Waals surface area contributed by atoms with Crippen LogP contribution in [0.25, 0.3) is 10.4 Å². The zero-order valence-corrected chi connectivity index (χ0v) is 7.19. The molecular weight excluding hydrogens is 194 g/mol. The van der Waals surface area contributed by atoms with Crippen LogP contribution in [0.15, 0.2) is 17.2 Å². The first-order valence-corrected chi connectivity index (χ1v) is 3.61. The molecule has 0 aliphatic carbocycles. The molecule has 0 radical (unpaired) electrons. The Morgan fingerprint density at radius 3 is 2.79 bits per heavy atom. The molecule has 0 saturated heterocycles. The van der Waals surface area contributed by atoms with Gasteiger partial charge in [-0.25, -0.2) is 4.98 Å². The molecule has 0 bridgehead atoms. The summed E-state index contributed by atoms with van der Waals surface area (Å²) in [6.07, 6.45) is 0. The van der Waals surface area contributed by atoms with Crippen LogP contribution in [0.5, 0.6) is 5.88 Å². The number of rotatable bonds is 3. The fourth-order valence-electron chi connectivity index (χ4n) is 0.841. The SMILES string of the molecule is Cc1nc(OC(F)F)ccc1N=[N+]=[N-]. The summed E-state index contributed by atoms with van der Waals surface area (Å²) in [4.78, 5) is 6.22. The number of hydrogen-bond acceptors (Lipinski definition) is 3. The molecule has 0 fully saturated rings. The van der Waals surface area contributed by atoms with Gasteiger partial charge in [-0.1, -0.05) is 5.11 Å². The number of aryl methyl sites for hydroxylation is 1. The molecule has 1 aromatic heterocycles. The fourth-order valence-corrected chi connectivity index (χ4v) is 0.841. The fraction of sp³-hybridized carbons (Fsp3) is 0.286. The molecule has 0 aliphatic rings. The van der Waals surface area contributed by atoms with E-state index in [0.29, 0.717) is 5.69 Å². The summed E-state index contributed by atoms with van der Waals surface area (Å²) in [6, 6.07) is 2.57. The molecule has 0 unspecified atom stereocenters. The molecule has 1 rings (SSSR count). The minimum atomic E-state index is -2.91. The van der Waals surface area contributed by atoms with E-state index in [4.69, 9.17) is 5.53 Å². The van der Waals surface area contributed by atoms with Gasteiger partial charge < -0.3 is 4.74 Å². The van der Waals surface area contributed by atoms with E-state index in [1.807, 2.05) is 0 Å². The Bertz CT molecular complexity index is 376. The van der Waals surface area contributed by atoms with Crippen molar-refractivity contribution in [2.45, 2.75) is 13.5 Å². The minimum absolute atomic E-state index is 0.200.